The Morgan fingerprint density at radius 1 is 0.478 bits per heavy atom. The van der Waals surface area contributed by atoms with Crippen molar-refractivity contribution in [1.82, 2.24) is 14.1 Å². The van der Waals surface area contributed by atoms with Crippen molar-refractivity contribution in [2.24, 2.45) is 0 Å². The summed E-state index contributed by atoms with van der Waals surface area (Å²) < 4.78 is 4.62. The third-order valence-electron chi connectivity index (χ3n) is 9.05. The summed E-state index contributed by atoms with van der Waals surface area (Å²) in [5.41, 5.74) is 11.2. The van der Waals surface area contributed by atoms with Crippen molar-refractivity contribution < 1.29 is 0 Å². The smallest absolute Gasteiger partial charge is 0.196 e. The molecule has 214 valence electrons. The summed E-state index contributed by atoms with van der Waals surface area (Å²) in [4.78, 5) is 8.62. The molecule has 6 aromatic carbocycles. The molecule has 0 aliphatic heterocycles. The average Bonchev–Trinajstić information content (AvgIpc) is 3.64. The second kappa shape index (κ2) is 10.3. The number of hydrogen-bond acceptors (Lipinski definition) is 1. The topological polar surface area (TPSA) is 27.1 Å². The van der Waals surface area contributed by atoms with Crippen LogP contribution in [-0.2, 0) is 0 Å². The fourth-order valence-electron chi connectivity index (χ4n) is 7.12. The van der Waals surface area contributed by atoms with Crippen LogP contribution in [0.25, 0.3) is 82.1 Å². The van der Waals surface area contributed by atoms with Crippen LogP contribution in [0.2, 0.25) is 0 Å². The number of para-hydroxylation sites is 4. The molecular formula is C42H26N4. The van der Waals surface area contributed by atoms with Gasteiger partial charge in [0.1, 0.15) is 0 Å². The zero-order valence-corrected chi connectivity index (χ0v) is 24.8. The van der Waals surface area contributed by atoms with Gasteiger partial charge in [0.2, 0.25) is 0 Å². The van der Waals surface area contributed by atoms with Gasteiger partial charge in [-0.25, -0.2) is 4.85 Å². The van der Waals surface area contributed by atoms with Gasteiger partial charge in [-0.3, -0.25) is 4.98 Å². The largest absolute Gasteiger partial charge is 0.310 e. The van der Waals surface area contributed by atoms with E-state index in [1.807, 2.05) is 24.5 Å². The Balaban J connectivity index is 1.29. The molecule has 4 heteroatoms. The normalized spacial score (nSPS) is 11.5. The average molecular weight is 587 g/mol. The van der Waals surface area contributed by atoms with E-state index in [1.165, 1.54) is 21.5 Å². The molecule has 0 amide bonds. The molecule has 0 aliphatic carbocycles. The number of benzene rings is 6. The highest BCUT2D eigenvalue weighted by Crippen LogP contribution is 2.42. The number of pyridine rings is 1. The third kappa shape index (κ3) is 3.83. The summed E-state index contributed by atoms with van der Waals surface area (Å²) in [7, 11) is 0. The summed E-state index contributed by atoms with van der Waals surface area (Å²) in [6.07, 6.45) is 3.81. The lowest BCUT2D eigenvalue weighted by Gasteiger charge is -2.17. The van der Waals surface area contributed by atoms with Gasteiger partial charge in [-0.05, 0) is 53.6 Å². The Morgan fingerprint density at radius 3 is 1.54 bits per heavy atom. The molecule has 0 N–H and O–H groups in total. The second-order valence-corrected chi connectivity index (χ2v) is 11.5. The molecule has 4 nitrogen and oxygen atoms in total. The number of aromatic nitrogens is 3. The SMILES string of the molecule is [C-]#[N+]c1cccc(-n2c3ccccc3c3ccccc32)c1-c1cccc(-c2ccncc2-n2c3ccccc3c3ccccc32)c1. The maximum atomic E-state index is 8.19. The van der Waals surface area contributed by atoms with Crippen LogP contribution in [0.3, 0.4) is 0 Å². The van der Waals surface area contributed by atoms with Crippen molar-refractivity contribution in [1.29, 1.82) is 0 Å². The highest BCUT2D eigenvalue weighted by atomic mass is 15.0. The van der Waals surface area contributed by atoms with Crippen LogP contribution in [0.4, 0.5) is 5.69 Å². The maximum absolute atomic E-state index is 8.19. The zero-order chi connectivity index (χ0) is 30.6. The van der Waals surface area contributed by atoms with E-state index in [0.29, 0.717) is 5.69 Å². The van der Waals surface area contributed by atoms with Gasteiger partial charge in [0.25, 0.3) is 0 Å². The summed E-state index contributed by atoms with van der Waals surface area (Å²) in [6.45, 7) is 8.19. The van der Waals surface area contributed by atoms with E-state index < -0.39 is 0 Å². The first-order chi connectivity index (χ1) is 22.8. The first-order valence-electron chi connectivity index (χ1n) is 15.3. The summed E-state index contributed by atoms with van der Waals surface area (Å²) in [6, 6.07) is 50.8. The molecule has 0 radical (unpaired) electrons. The Hall–Kier alpha value is -6.44. The van der Waals surface area contributed by atoms with Crippen molar-refractivity contribution in [2.45, 2.75) is 0 Å². The number of hydrogen-bond donors (Lipinski definition) is 0. The number of rotatable bonds is 4. The van der Waals surface area contributed by atoms with E-state index in [9.17, 15) is 0 Å². The highest BCUT2D eigenvalue weighted by Gasteiger charge is 2.20. The van der Waals surface area contributed by atoms with Gasteiger partial charge in [0, 0.05) is 44.6 Å². The minimum atomic E-state index is 0.619. The standard InChI is InChI=1S/C42H26N4/c1-43-35-18-11-23-40(45-36-19-6-2-14-31(36)32-15-3-7-20-37(32)45)42(35)29-13-10-12-28(26-29)30-24-25-44-27-41(30)46-38-21-8-4-16-33(38)34-17-5-9-22-39(34)46/h2-27H. The van der Waals surface area contributed by atoms with Crippen molar-refractivity contribution in [3.63, 3.8) is 0 Å². The maximum Gasteiger partial charge on any atom is 0.196 e. The lowest BCUT2D eigenvalue weighted by Crippen LogP contribution is -1.99. The van der Waals surface area contributed by atoms with E-state index in [4.69, 9.17) is 6.57 Å². The van der Waals surface area contributed by atoms with E-state index in [1.54, 1.807) is 0 Å². The van der Waals surface area contributed by atoms with Crippen LogP contribution in [0, 0.1) is 6.57 Å². The molecule has 0 fully saturated rings. The molecule has 9 rings (SSSR count). The van der Waals surface area contributed by atoms with Crippen LogP contribution >= 0.6 is 0 Å². The Kier molecular flexibility index (Phi) is 5.84. The molecule has 0 atom stereocenters. The minimum absolute atomic E-state index is 0.619. The van der Waals surface area contributed by atoms with Crippen molar-refractivity contribution in [2.75, 3.05) is 0 Å². The highest BCUT2D eigenvalue weighted by molar-refractivity contribution is 6.11. The van der Waals surface area contributed by atoms with Crippen LogP contribution in [0.5, 0.6) is 0 Å². The van der Waals surface area contributed by atoms with E-state index in [2.05, 4.69) is 152 Å². The van der Waals surface area contributed by atoms with Crippen LogP contribution in [-0.4, -0.2) is 14.1 Å². The molecule has 3 aromatic heterocycles. The lowest BCUT2D eigenvalue weighted by molar-refractivity contribution is 1.14. The fraction of sp³-hybridized carbons (Fsp3) is 0. The molecule has 0 unspecified atom stereocenters. The van der Waals surface area contributed by atoms with E-state index >= 15 is 0 Å². The predicted octanol–water partition coefficient (Wildman–Crippen LogP) is 11.2. The third-order valence-corrected chi connectivity index (χ3v) is 9.05. The monoisotopic (exact) mass is 586 g/mol. The van der Waals surface area contributed by atoms with Crippen LogP contribution < -0.4 is 0 Å². The first kappa shape index (κ1) is 26.0. The Labute approximate surface area is 265 Å². The Morgan fingerprint density at radius 2 is 0.978 bits per heavy atom. The van der Waals surface area contributed by atoms with Crippen molar-refractivity contribution in [3.05, 3.63) is 169 Å². The summed E-state index contributed by atoms with van der Waals surface area (Å²) in [5, 5.41) is 4.81. The molecule has 0 spiro atoms. The van der Waals surface area contributed by atoms with Gasteiger partial charge < -0.3 is 9.13 Å². The van der Waals surface area contributed by atoms with Crippen molar-refractivity contribution in [3.8, 4) is 33.6 Å². The lowest BCUT2D eigenvalue weighted by atomic mass is 9.96. The molecular weight excluding hydrogens is 560 g/mol. The molecule has 0 saturated carbocycles. The predicted molar refractivity (Wildman–Crippen MR) is 190 cm³/mol. The van der Waals surface area contributed by atoms with Gasteiger partial charge in [-0.15, -0.1) is 0 Å². The van der Waals surface area contributed by atoms with E-state index in [-0.39, 0.29) is 0 Å². The first-order valence-corrected chi connectivity index (χ1v) is 15.3. The molecule has 0 bridgehead atoms. The van der Waals surface area contributed by atoms with Crippen LogP contribution in [0.15, 0.2) is 158 Å². The van der Waals surface area contributed by atoms with Crippen LogP contribution in [0.1, 0.15) is 0 Å². The van der Waals surface area contributed by atoms with Gasteiger partial charge in [-0.1, -0.05) is 103 Å². The summed E-state index contributed by atoms with van der Waals surface area (Å²) in [5.74, 6) is 0. The minimum Gasteiger partial charge on any atom is -0.310 e. The molecule has 9 aromatic rings. The molecule has 0 saturated heterocycles. The van der Waals surface area contributed by atoms with Gasteiger partial charge in [0.15, 0.2) is 5.69 Å². The fourth-order valence-corrected chi connectivity index (χ4v) is 7.12. The van der Waals surface area contributed by atoms with Gasteiger partial charge >= 0.3 is 0 Å². The van der Waals surface area contributed by atoms with Gasteiger partial charge in [0.05, 0.1) is 40.5 Å². The van der Waals surface area contributed by atoms with Gasteiger partial charge in [-0.2, -0.15) is 0 Å². The zero-order valence-electron chi connectivity index (χ0n) is 24.8. The summed E-state index contributed by atoms with van der Waals surface area (Å²) >= 11 is 0. The number of fused-ring (bicyclic) bond motifs is 6. The second-order valence-electron chi connectivity index (χ2n) is 11.5. The molecule has 46 heavy (non-hydrogen) atoms. The van der Waals surface area contributed by atoms with E-state index in [0.717, 1.165) is 55.7 Å². The molecule has 0 aliphatic rings. The quantitative estimate of drug-likeness (QED) is 0.189. The Bertz CT molecular complexity index is 2560. The number of nitrogens with zero attached hydrogens (tertiary/aromatic N) is 4. The van der Waals surface area contributed by atoms with Crippen molar-refractivity contribution >= 4 is 49.3 Å². The molecule has 3 heterocycles.